The zero-order chi connectivity index (χ0) is 10.4. The van der Waals surface area contributed by atoms with E-state index in [-0.39, 0.29) is 0 Å². The summed E-state index contributed by atoms with van der Waals surface area (Å²) in [5, 5.41) is 4.05. The van der Waals surface area contributed by atoms with E-state index in [2.05, 4.69) is 5.32 Å². The van der Waals surface area contributed by atoms with E-state index in [1.807, 2.05) is 19.2 Å². The summed E-state index contributed by atoms with van der Waals surface area (Å²) in [4.78, 5) is 0. The molecule has 1 N–H and O–H groups in total. The topological polar surface area (TPSA) is 21.3 Å². The number of hydrogen-bond donors (Lipinski definition) is 1. The molecule has 0 unspecified atom stereocenters. The maximum Gasteiger partial charge on any atom is 0.139 e. The van der Waals surface area contributed by atoms with Crippen LogP contribution >= 0.6 is 23.2 Å². The Balaban J connectivity index is 2.46. The minimum atomic E-state index is 0.485. The van der Waals surface area contributed by atoms with Gasteiger partial charge in [-0.2, -0.15) is 0 Å². The second-order valence-electron chi connectivity index (χ2n) is 2.86. The van der Waals surface area contributed by atoms with Crippen LogP contribution in [0.5, 0.6) is 5.75 Å². The van der Waals surface area contributed by atoms with Crippen LogP contribution in [0.4, 0.5) is 0 Å². The first kappa shape index (κ1) is 11.6. The van der Waals surface area contributed by atoms with Crippen LogP contribution in [-0.4, -0.2) is 20.2 Å². The van der Waals surface area contributed by atoms with Crippen LogP contribution < -0.4 is 10.1 Å². The molecule has 1 aromatic rings. The Kier molecular flexibility index (Phi) is 5.09. The SMILES string of the molecule is CNCCCOc1cccc(Cl)c1Cl. The zero-order valence-electron chi connectivity index (χ0n) is 8.02. The predicted molar refractivity (Wildman–Crippen MR) is 60.5 cm³/mol. The van der Waals surface area contributed by atoms with Crippen LogP contribution in [0.15, 0.2) is 18.2 Å². The van der Waals surface area contributed by atoms with E-state index in [0.29, 0.717) is 22.4 Å². The highest BCUT2D eigenvalue weighted by atomic mass is 35.5. The van der Waals surface area contributed by atoms with E-state index in [1.54, 1.807) is 6.07 Å². The van der Waals surface area contributed by atoms with Crippen molar-refractivity contribution in [1.29, 1.82) is 0 Å². The molecule has 0 aliphatic heterocycles. The van der Waals surface area contributed by atoms with Gasteiger partial charge in [-0.3, -0.25) is 0 Å². The number of halogens is 2. The molecule has 0 saturated carbocycles. The molecule has 0 aliphatic carbocycles. The molecule has 0 aromatic heterocycles. The monoisotopic (exact) mass is 233 g/mol. The van der Waals surface area contributed by atoms with Crippen molar-refractivity contribution in [2.24, 2.45) is 0 Å². The molecule has 0 amide bonds. The molecule has 2 nitrogen and oxygen atoms in total. The van der Waals surface area contributed by atoms with Gasteiger partial charge < -0.3 is 10.1 Å². The minimum Gasteiger partial charge on any atom is -0.492 e. The van der Waals surface area contributed by atoms with Gasteiger partial charge in [-0.05, 0) is 32.1 Å². The van der Waals surface area contributed by atoms with Gasteiger partial charge in [-0.25, -0.2) is 0 Å². The summed E-state index contributed by atoms with van der Waals surface area (Å²) in [7, 11) is 1.91. The highest BCUT2D eigenvalue weighted by molar-refractivity contribution is 6.42. The van der Waals surface area contributed by atoms with Crippen molar-refractivity contribution >= 4 is 23.2 Å². The summed E-state index contributed by atoms with van der Waals surface area (Å²) >= 11 is 11.8. The Morgan fingerprint density at radius 1 is 1.36 bits per heavy atom. The highest BCUT2D eigenvalue weighted by Crippen LogP contribution is 2.31. The van der Waals surface area contributed by atoms with Crippen LogP contribution in [0, 0.1) is 0 Å². The standard InChI is InChI=1S/C10H13Cl2NO/c1-13-6-3-7-14-9-5-2-4-8(11)10(9)12/h2,4-5,13H,3,6-7H2,1H3. The fourth-order valence-corrected chi connectivity index (χ4v) is 1.37. The predicted octanol–water partition coefficient (Wildman–Crippen LogP) is 2.98. The summed E-state index contributed by atoms with van der Waals surface area (Å²) < 4.78 is 5.46. The molecule has 0 atom stereocenters. The second kappa shape index (κ2) is 6.12. The summed E-state index contributed by atoms with van der Waals surface area (Å²) in [6, 6.07) is 5.37. The van der Waals surface area contributed by atoms with E-state index in [1.165, 1.54) is 0 Å². The van der Waals surface area contributed by atoms with E-state index in [4.69, 9.17) is 27.9 Å². The first-order valence-corrected chi connectivity index (χ1v) is 5.22. The maximum atomic E-state index is 5.93. The molecule has 0 aliphatic rings. The Bertz CT molecular complexity index is 291. The normalized spacial score (nSPS) is 10.2. The van der Waals surface area contributed by atoms with Crippen LogP contribution in [0.2, 0.25) is 10.0 Å². The Morgan fingerprint density at radius 3 is 2.86 bits per heavy atom. The van der Waals surface area contributed by atoms with Crippen LogP contribution in [0.1, 0.15) is 6.42 Å². The Morgan fingerprint density at radius 2 is 2.14 bits per heavy atom. The summed E-state index contributed by atoms with van der Waals surface area (Å²) in [5.74, 6) is 0.648. The number of rotatable bonds is 5. The first-order valence-electron chi connectivity index (χ1n) is 4.47. The quantitative estimate of drug-likeness (QED) is 0.791. The lowest BCUT2D eigenvalue weighted by atomic mass is 10.3. The van der Waals surface area contributed by atoms with Gasteiger partial charge in [0.15, 0.2) is 0 Å². The van der Waals surface area contributed by atoms with Crippen molar-refractivity contribution in [2.75, 3.05) is 20.2 Å². The van der Waals surface area contributed by atoms with Crippen molar-refractivity contribution in [3.63, 3.8) is 0 Å². The molecule has 0 fully saturated rings. The smallest absolute Gasteiger partial charge is 0.139 e. The fraction of sp³-hybridized carbons (Fsp3) is 0.400. The third-order valence-electron chi connectivity index (χ3n) is 1.74. The van der Waals surface area contributed by atoms with Gasteiger partial charge in [0.1, 0.15) is 10.8 Å². The lowest BCUT2D eigenvalue weighted by Gasteiger charge is -2.08. The van der Waals surface area contributed by atoms with Gasteiger partial charge in [-0.1, -0.05) is 29.3 Å². The number of nitrogens with one attached hydrogen (secondary N) is 1. The fourth-order valence-electron chi connectivity index (χ4n) is 1.03. The van der Waals surface area contributed by atoms with Crippen LogP contribution in [-0.2, 0) is 0 Å². The molecule has 0 radical (unpaired) electrons. The molecular weight excluding hydrogens is 221 g/mol. The third-order valence-corrected chi connectivity index (χ3v) is 2.55. The van der Waals surface area contributed by atoms with Crippen molar-refractivity contribution in [2.45, 2.75) is 6.42 Å². The van der Waals surface area contributed by atoms with Crippen LogP contribution in [0.3, 0.4) is 0 Å². The zero-order valence-corrected chi connectivity index (χ0v) is 9.53. The summed E-state index contributed by atoms with van der Waals surface area (Å²) in [5.41, 5.74) is 0. The maximum absolute atomic E-state index is 5.93. The van der Waals surface area contributed by atoms with Gasteiger partial charge in [0.25, 0.3) is 0 Å². The summed E-state index contributed by atoms with van der Waals surface area (Å²) in [6.07, 6.45) is 0.944. The van der Waals surface area contributed by atoms with E-state index < -0.39 is 0 Å². The summed E-state index contributed by atoms with van der Waals surface area (Å²) in [6.45, 7) is 1.57. The van der Waals surface area contributed by atoms with Crippen molar-refractivity contribution in [1.82, 2.24) is 5.32 Å². The molecule has 4 heteroatoms. The van der Waals surface area contributed by atoms with Gasteiger partial charge in [0.05, 0.1) is 11.6 Å². The molecule has 1 rings (SSSR count). The van der Waals surface area contributed by atoms with Gasteiger partial charge in [-0.15, -0.1) is 0 Å². The lowest BCUT2D eigenvalue weighted by Crippen LogP contribution is -2.11. The van der Waals surface area contributed by atoms with E-state index in [0.717, 1.165) is 13.0 Å². The highest BCUT2D eigenvalue weighted by Gasteiger charge is 2.04. The minimum absolute atomic E-state index is 0.485. The Hall–Kier alpha value is -0.440. The largest absolute Gasteiger partial charge is 0.492 e. The molecule has 1 aromatic carbocycles. The molecule has 0 bridgehead atoms. The molecule has 0 spiro atoms. The first-order chi connectivity index (χ1) is 6.75. The van der Waals surface area contributed by atoms with E-state index in [9.17, 15) is 0 Å². The van der Waals surface area contributed by atoms with E-state index >= 15 is 0 Å². The number of ether oxygens (including phenoxy) is 1. The van der Waals surface area contributed by atoms with Gasteiger partial charge in [0.2, 0.25) is 0 Å². The van der Waals surface area contributed by atoms with Crippen LogP contribution in [0.25, 0.3) is 0 Å². The average Bonchev–Trinajstić information content (AvgIpc) is 2.19. The number of hydrogen-bond acceptors (Lipinski definition) is 2. The third kappa shape index (κ3) is 3.37. The van der Waals surface area contributed by atoms with Gasteiger partial charge in [0, 0.05) is 0 Å². The van der Waals surface area contributed by atoms with Crippen molar-refractivity contribution < 1.29 is 4.74 Å². The van der Waals surface area contributed by atoms with Crippen molar-refractivity contribution in [3.8, 4) is 5.75 Å². The lowest BCUT2D eigenvalue weighted by molar-refractivity contribution is 0.310. The molecule has 78 valence electrons. The molecular formula is C10H13Cl2NO. The molecule has 14 heavy (non-hydrogen) atoms. The number of benzene rings is 1. The molecule has 0 heterocycles. The van der Waals surface area contributed by atoms with Crippen molar-refractivity contribution in [3.05, 3.63) is 28.2 Å². The Labute approximate surface area is 94.2 Å². The average molecular weight is 234 g/mol. The van der Waals surface area contributed by atoms with Gasteiger partial charge >= 0.3 is 0 Å². The second-order valence-corrected chi connectivity index (χ2v) is 3.64. The molecule has 0 saturated heterocycles.